The van der Waals surface area contributed by atoms with Gasteiger partial charge in [-0.1, -0.05) is 43.7 Å². The lowest BCUT2D eigenvalue weighted by molar-refractivity contribution is -0.143. The largest absolute Gasteiger partial charge is 0.481 e. The van der Waals surface area contributed by atoms with Crippen LogP contribution in [0.4, 0.5) is 0 Å². The number of aliphatic hydroxyl groups excluding tert-OH is 1. The topological polar surface area (TPSA) is 117 Å². The van der Waals surface area contributed by atoms with Gasteiger partial charge in [0, 0.05) is 43.8 Å². The standard InChI is InChI=1S/C30H38N2O7/c1-2-3-13-31(14-6-15-33)28(35)18-32-17-24(22-10-12-26-27(16-22)39-20-38-26)29(30(36)37)25(32)11-9-21-7-4-5-8-23(21)19-34/h4-5,7-8,10,12,16,19,24-25,29,33H,2-3,6,9,11,13-15,17-18,20H2,1H3,(H,36,37)/t24-,25+,29-/m1/s1. The van der Waals surface area contributed by atoms with Gasteiger partial charge in [0.25, 0.3) is 0 Å². The minimum atomic E-state index is -0.913. The second kappa shape index (κ2) is 13.6. The van der Waals surface area contributed by atoms with Crippen LogP contribution >= 0.6 is 0 Å². The fraction of sp³-hybridized carbons (Fsp3) is 0.500. The zero-order valence-corrected chi connectivity index (χ0v) is 22.5. The molecule has 0 aromatic heterocycles. The number of hydrogen-bond donors (Lipinski definition) is 2. The number of ether oxygens (including phenoxy) is 2. The first kappa shape index (κ1) is 28.6. The van der Waals surface area contributed by atoms with Crippen LogP contribution in [0.3, 0.4) is 0 Å². The Kier molecular flexibility index (Phi) is 9.95. The SMILES string of the molecule is CCCCN(CCCO)C(=O)CN1C[C@H](c2ccc3c(c2)OCO3)[C@@H](C(=O)O)[C@@H]1CCc1ccccc1C=O. The van der Waals surface area contributed by atoms with E-state index < -0.39 is 17.9 Å². The molecule has 2 heterocycles. The molecule has 0 radical (unpaired) electrons. The van der Waals surface area contributed by atoms with Gasteiger partial charge >= 0.3 is 5.97 Å². The molecule has 2 N–H and O–H groups in total. The van der Waals surface area contributed by atoms with Crippen LogP contribution in [0.15, 0.2) is 42.5 Å². The van der Waals surface area contributed by atoms with E-state index in [0.717, 1.165) is 30.3 Å². The average molecular weight is 539 g/mol. The summed E-state index contributed by atoms with van der Waals surface area (Å²) in [7, 11) is 0. The predicted octanol–water partition coefficient (Wildman–Crippen LogP) is 3.34. The molecule has 39 heavy (non-hydrogen) atoms. The Labute approximate surface area is 229 Å². The van der Waals surface area contributed by atoms with Gasteiger partial charge in [0.05, 0.1) is 12.5 Å². The van der Waals surface area contributed by atoms with Crippen LogP contribution in [-0.2, 0) is 16.0 Å². The van der Waals surface area contributed by atoms with E-state index in [1.807, 2.05) is 29.2 Å². The van der Waals surface area contributed by atoms with Crippen molar-refractivity contribution in [1.82, 2.24) is 9.80 Å². The van der Waals surface area contributed by atoms with E-state index >= 15 is 0 Å². The van der Waals surface area contributed by atoms with E-state index in [4.69, 9.17) is 9.47 Å². The summed E-state index contributed by atoms with van der Waals surface area (Å²) in [4.78, 5) is 41.6. The van der Waals surface area contributed by atoms with Gasteiger partial charge in [0.2, 0.25) is 12.7 Å². The minimum absolute atomic E-state index is 0.00562. The summed E-state index contributed by atoms with van der Waals surface area (Å²) >= 11 is 0. The van der Waals surface area contributed by atoms with Crippen molar-refractivity contribution in [1.29, 1.82) is 0 Å². The van der Waals surface area contributed by atoms with Crippen molar-refractivity contribution >= 4 is 18.2 Å². The van der Waals surface area contributed by atoms with Crippen molar-refractivity contribution in [3.8, 4) is 11.5 Å². The molecule has 3 atom stereocenters. The van der Waals surface area contributed by atoms with E-state index in [1.165, 1.54) is 0 Å². The van der Waals surface area contributed by atoms with Gasteiger partial charge in [-0.3, -0.25) is 19.3 Å². The van der Waals surface area contributed by atoms with Crippen molar-refractivity contribution in [3.05, 3.63) is 59.2 Å². The number of carbonyl (C=O) groups is 3. The number of carboxylic acid groups (broad SMARTS) is 1. The minimum Gasteiger partial charge on any atom is -0.481 e. The summed E-state index contributed by atoms with van der Waals surface area (Å²) in [5.74, 6) is -0.846. The zero-order chi connectivity index (χ0) is 27.8. The number of aliphatic carboxylic acids is 1. The molecule has 4 rings (SSSR count). The molecule has 2 aromatic rings. The molecule has 210 valence electrons. The van der Waals surface area contributed by atoms with Crippen LogP contribution in [0.1, 0.15) is 60.0 Å². The van der Waals surface area contributed by atoms with E-state index in [9.17, 15) is 24.6 Å². The highest BCUT2D eigenvalue weighted by molar-refractivity contribution is 5.79. The number of carboxylic acids is 1. The van der Waals surface area contributed by atoms with Gasteiger partial charge < -0.3 is 24.6 Å². The summed E-state index contributed by atoms with van der Waals surface area (Å²) in [6.45, 7) is 3.78. The number of nitrogens with zero attached hydrogens (tertiary/aromatic N) is 2. The Balaban J connectivity index is 1.62. The van der Waals surface area contributed by atoms with Crippen LogP contribution in [0, 0.1) is 5.92 Å². The second-order valence-corrected chi connectivity index (χ2v) is 10.2. The molecule has 0 saturated carbocycles. The van der Waals surface area contributed by atoms with Crippen molar-refractivity contribution in [2.24, 2.45) is 5.92 Å². The molecule has 9 heteroatoms. The van der Waals surface area contributed by atoms with Gasteiger partial charge in [-0.05, 0) is 48.9 Å². The first-order chi connectivity index (χ1) is 19.0. The molecule has 0 aliphatic carbocycles. The van der Waals surface area contributed by atoms with E-state index in [2.05, 4.69) is 6.92 Å². The Morgan fingerprint density at radius 1 is 1.10 bits per heavy atom. The first-order valence-electron chi connectivity index (χ1n) is 13.7. The van der Waals surface area contributed by atoms with Gasteiger partial charge in [-0.2, -0.15) is 0 Å². The quantitative estimate of drug-likeness (QED) is 0.352. The Morgan fingerprint density at radius 3 is 2.62 bits per heavy atom. The van der Waals surface area contributed by atoms with Crippen LogP contribution in [-0.4, -0.2) is 83.8 Å². The van der Waals surface area contributed by atoms with Gasteiger partial charge in [-0.15, -0.1) is 0 Å². The molecule has 2 aliphatic rings. The van der Waals surface area contributed by atoms with Gasteiger partial charge in [0.15, 0.2) is 11.5 Å². The lowest BCUT2D eigenvalue weighted by Crippen LogP contribution is -2.45. The maximum absolute atomic E-state index is 13.5. The van der Waals surface area contributed by atoms with E-state index in [1.54, 1.807) is 23.1 Å². The third-order valence-corrected chi connectivity index (χ3v) is 7.81. The number of aryl methyl sites for hydroxylation is 1. The lowest BCUT2D eigenvalue weighted by Gasteiger charge is -2.30. The molecule has 1 saturated heterocycles. The maximum atomic E-state index is 13.5. The molecule has 0 spiro atoms. The summed E-state index contributed by atoms with van der Waals surface area (Å²) in [6.07, 6.45) is 4.13. The summed E-state index contributed by atoms with van der Waals surface area (Å²) in [5, 5.41) is 19.8. The van der Waals surface area contributed by atoms with Crippen LogP contribution in [0.2, 0.25) is 0 Å². The van der Waals surface area contributed by atoms with Crippen molar-refractivity contribution < 1.29 is 34.1 Å². The highest BCUT2D eigenvalue weighted by Crippen LogP contribution is 2.43. The molecule has 1 fully saturated rings. The molecule has 2 aliphatic heterocycles. The average Bonchev–Trinajstić information content (AvgIpc) is 3.56. The van der Waals surface area contributed by atoms with E-state index in [0.29, 0.717) is 56.0 Å². The molecule has 0 unspecified atom stereocenters. The highest BCUT2D eigenvalue weighted by atomic mass is 16.7. The fourth-order valence-electron chi connectivity index (χ4n) is 5.76. The number of fused-ring (bicyclic) bond motifs is 1. The first-order valence-corrected chi connectivity index (χ1v) is 13.7. The number of aliphatic hydroxyl groups is 1. The number of rotatable bonds is 14. The van der Waals surface area contributed by atoms with E-state index in [-0.39, 0.29) is 31.8 Å². The third kappa shape index (κ3) is 6.78. The zero-order valence-electron chi connectivity index (χ0n) is 22.5. The van der Waals surface area contributed by atoms with Gasteiger partial charge in [-0.25, -0.2) is 0 Å². The van der Waals surface area contributed by atoms with Crippen LogP contribution < -0.4 is 9.47 Å². The van der Waals surface area contributed by atoms with Crippen molar-refractivity contribution in [2.75, 3.05) is 39.6 Å². The molecular formula is C30H38N2O7. The molecule has 9 nitrogen and oxygen atoms in total. The molecular weight excluding hydrogens is 500 g/mol. The number of unbranched alkanes of at least 4 members (excludes halogenated alkanes) is 1. The summed E-state index contributed by atoms with van der Waals surface area (Å²) in [5.41, 5.74) is 2.29. The van der Waals surface area contributed by atoms with Crippen molar-refractivity contribution in [3.63, 3.8) is 0 Å². The van der Waals surface area contributed by atoms with Crippen LogP contribution in [0.25, 0.3) is 0 Å². The molecule has 2 aromatic carbocycles. The fourth-order valence-corrected chi connectivity index (χ4v) is 5.76. The van der Waals surface area contributed by atoms with Crippen LogP contribution in [0.5, 0.6) is 11.5 Å². The highest BCUT2D eigenvalue weighted by Gasteiger charge is 2.47. The predicted molar refractivity (Wildman–Crippen MR) is 145 cm³/mol. The number of hydrogen-bond acceptors (Lipinski definition) is 7. The lowest BCUT2D eigenvalue weighted by atomic mass is 9.83. The molecule has 1 amide bonds. The number of benzene rings is 2. The number of amides is 1. The summed E-state index contributed by atoms with van der Waals surface area (Å²) in [6, 6.07) is 12.5. The summed E-state index contributed by atoms with van der Waals surface area (Å²) < 4.78 is 11.0. The monoisotopic (exact) mass is 538 g/mol. The third-order valence-electron chi connectivity index (χ3n) is 7.81. The number of aldehydes is 1. The Morgan fingerprint density at radius 2 is 1.87 bits per heavy atom. The van der Waals surface area contributed by atoms with Crippen molar-refractivity contribution in [2.45, 2.75) is 51.0 Å². The molecule has 0 bridgehead atoms. The maximum Gasteiger partial charge on any atom is 0.308 e. The Bertz CT molecular complexity index is 1150. The second-order valence-electron chi connectivity index (χ2n) is 10.2. The number of carbonyl (C=O) groups excluding carboxylic acids is 2. The normalized spacial score (nSPS) is 20.2. The smallest absolute Gasteiger partial charge is 0.308 e. The Hall–Kier alpha value is -3.43. The van der Waals surface area contributed by atoms with Gasteiger partial charge in [0.1, 0.15) is 6.29 Å². The number of likely N-dealkylation sites (tertiary alicyclic amines) is 1.